The van der Waals surface area contributed by atoms with E-state index in [1.54, 1.807) is 6.07 Å². The van der Waals surface area contributed by atoms with Crippen molar-refractivity contribution >= 4 is 22.6 Å². The first-order chi connectivity index (χ1) is 15.4. The molecule has 6 nitrogen and oxygen atoms in total. The number of alkyl halides is 3. The number of rotatable bonds is 5. The van der Waals surface area contributed by atoms with Gasteiger partial charge >= 0.3 is 6.18 Å². The quantitative estimate of drug-likeness (QED) is 0.429. The van der Waals surface area contributed by atoms with Gasteiger partial charge in [-0.1, -0.05) is 36.4 Å². The molecule has 0 aliphatic heterocycles. The van der Waals surface area contributed by atoms with Crippen LogP contribution in [0.4, 0.5) is 18.3 Å². The molecule has 2 aromatic carbocycles. The van der Waals surface area contributed by atoms with Crippen LogP contribution in [0.25, 0.3) is 17.1 Å². The zero-order valence-corrected chi connectivity index (χ0v) is 17.3. The molecule has 162 valence electrons. The lowest BCUT2D eigenvalue weighted by atomic mass is 10.1. The summed E-state index contributed by atoms with van der Waals surface area (Å²) >= 11 is 1.06. The number of nitrogens with one attached hydrogen (secondary N) is 1. The Kier molecular flexibility index (Phi) is 5.01. The Hall–Kier alpha value is -3.53. The highest BCUT2D eigenvalue weighted by molar-refractivity contribution is 7.10. The minimum absolute atomic E-state index is 0.0714. The number of benzene rings is 2. The Labute approximate surface area is 184 Å². The van der Waals surface area contributed by atoms with Crippen molar-refractivity contribution in [1.82, 2.24) is 19.1 Å². The van der Waals surface area contributed by atoms with Crippen molar-refractivity contribution in [1.29, 1.82) is 0 Å². The summed E-state index contributed by atoms with van der Waals surface area (Å²) in [5, 5.41) is 7.32. The van der Waals surface area contributed by atoms with Crippen molar-refractivity contribution in [3.63, 3.8) is 0 Å². The number of hydrogen-bond acceptors (Lipinski definition) is 5. The van der Waals surface area contributed by atoms with Crippen LogP contribution in [-0.2, 0) is 6.18 Å². The highest BCUT2D eigenvalue weighted by Crippen LogP contribution is 2.43. The topological polar surface area (TPSA) is 72.7 Å². The predicted octanol–water partition coefficient (Wildman–Crippen LogP) is 5.54. The van der Waals surface area contributed by atoms with E-state index < -0.39 is 17.6 Å². The second-order valence-electron chi connectivity index (χ2n) is 7.42. The first-order valence-corrected chi connectivity index (χ1v) is 10.6. The summed E-state index contributed by atoms with van der Waals surface area (Å²) in [6.07, 6.45) is -1.37. The molecule has 1 N–H and O–H groups in total. The highest BCUT2D eigenvalue weighted by Gasteiger charge is 2.34. The van der Waals surface area contributed by atoms with Gasteiger partial charge in [0.2, 0.25) is 5.13 Å². The van der Waals surface area contributed by atoms with Crippen molar-refractivity contribution in [3.05, 3.63) is 77.6 Å². The molecule has 1 aliphatic rings. The summed E-state index contributed by atoms with van der Waals surface area (Å²) < 4.78 is 45.2. The third-order valence-corrected chi connectivity index (χ3v) is 5.74. The Morgan fingerprint density at radius 3 is 2.59 bits per heavy atom. The first kappa shape index (κ1) is 20.4. The maximum absolute atomic E-state index is 13.1. The van der Waals surface area contributed by atoms with Crippen LogP contribution >= 0.6 is 11.5 Å². The van der Waals surface area contributed by atoms with E-state index in [1.807, 2.05) is 30.3 Å². The van der Waals surface area contributed by atoms with Crippen molar-refractivity contribution < 1.29 is 18.0 Å². The average Bonchev–Trinajstić information content (AvgIpc) is 3.35. The van der Waals surface area contributed by atoms with E-state index in [0.29, 0.717) is 22.2 Å². The third-order valence-electron chi connectivity index (χ3n) is 5.11. The summed E-state index contributed by atoms with van der Waals surface area (Å²) in [6.45, 7) is 0. The van der Waals surface area contributed by atoms with E-state index in [9.17, 15) is 18.0 Å². The van der Waals surface area contributed by atoms with E-state index in [1.165, 1.54) is 16.9 Å². The molecular weight excluding hydrogens is 439 g/mol. The van der Waals surface area contributed by atoms with Crippen LogP contribution in [0.5, 0.6) is 0 Å². The zero-order valence-electron chi connectivity index (χ0n) is 16.5. The molecule has 10 heteroatoms. The SMILES string of the molecule is O=C(Nc1nc(-c2ccccc2)ns1)c1cnn(-c2cccc(C(F)(F)F)c2)c1C1CC1. The fourth-order valence-electron chi connectivity index (χ4n) is 3.45. The van der Waals surface area contributed by atoms with Gasteiger partial charge in [0.1, 0.15) is 0 Å². The number of anilines is 1. The molecule has 0 atom stereocenters. The van der Waals surface area contributed by atoms with E-state index in [0.717, 1.165) is 42.1 Å². The highest BCUT2D eigenvalue weighted by atomic mass is 32.1. The van der Waals surface area contributed by atoms with Crippen LogP contribution in [-0.4, -0.2) is 25.0 Å². The van der Waals surface area contributed by atoms with Crippen molar-refractivity contribution in [3.8, 4) is 17.1 Å². The Morgan fingerprint density at radius 2 is 1.88 bits per heavy atom. The van der Waals surface area contributed by atoms with Gasteiger partial charge < -0.3 is 0 Å². The molecule has 1 fully saturated rings. The number of aromatic nitrogens is 4. The van der Waals surface area contributed by atoms with E-state index in [-0.39, 0.29) is 11.6 Å². The standard InChI is InChI=1S/C22H16F3N5OS/c23-22(24,25)15-7-4-8-16(11-15)30-18(13-9-10-13)17(12-26-30)20(31)28-21-27-19(29-32-21)14-5-2-1-3-6-14/h1-8,11-13H,9-10H2,(H,27,28,29,31). The summed E-state index contributed by atoms with van der Waals surface area (Å²) in [4.78, 5) is 17.3. The number of carbonyl (C=O) groups excluding carboxylic acids is 1. The van der Waals surface area contributed by atoms with E-state index in [2.05, 4.69) is 19.8 Å². The van der Waals surface area contributed by atoms with Gasteiger partial charge in [0.25, 0.3) is 5.91 Å². The summed E-state index contributed by atoms with van der Waals surface area (Å²) in [5.74, 6) is 0.163. The van der Waals surface area contributed by atoms with Gasteiger partial charge in [-0.2, -0.15) is 27.6 Å². The zero-order chi connectivity index (χ0) is 22.3. The number of amides is 1. The molecule has 0 spiro atoms. The fourth-order valence-corrected chi connectivity index (χ4v) is 4.03. The van der Waals surface area contributed by atoms with Gasteiger partial charge in [-0.3, -0.25) is 10.1 Å². The molecule has 0 bridgehead atoms. The van der Waals surface area contributed by atoms with Crippen LogP contribution in [0.1, 0.15) is 40.4 Å². The van der Waals surface area contributed by atoms with Gasteiger partial charge in [-0.05, 0) is 31.0 Å². The van der Waals surface area contributed by atoms with Crippen molar-refractivity contribution in [2.24, 2.45) is 0 Å². The Balaban J connectivity index is 1.43. The smallest absolute Gasteiger partial charge is 0.296 e. The number of halogens is 3. The molecule has 5 rings (SSSR count). The Bertz CT molecular complexity index is 1280. The molecule has 1 saturated carbocycles. The van der Waals surface area contributed by atoms with E-state index in [4.69, 9.17) is 0 Å². The maximum atomic E-state index is 13.1. The molecule has 0 radical (unpaired) electrons. The molecular formula is C22H16F3N5OS. The Morgan fingerprint density at radius 1 is 1.09 bits per heavy atom. The molecule has 1 amide bonds. The summed E-state index contributed by atoms with van der Waals surface area (Å²) in [5.41, 5.74) is 1.26. The molecule has 2 aromatic heterocycles. The molecule has 0 unspecified atom stereocenters. The van der Waals surface area contributed by atoms with Crippen molar-refractivity contribution in [2.75, 3.05) is 5.32 Å². The van der Waals surface area contributed by atoms with E-state index >= 15 is 0 Å². The fraction of sp³-hybridized carbons (Fsp3) is 0.182. The normalized spacial score (nSPS) is 13.8. The second-order valence-corrected chi connectivity index (χ2v) is 8.17. The van der Waals surface area contributed by atoms with Crippen LogP contribution < -0.4 is 5.32 Å². The first-order valence-electron chi connectivity index (χ1n) is 9.86. The van der Waals surface area contributed by atoms with Gasteiger partial charge in [-0.25, -0.2) is 4.68 Å². The minimum atomic E-state index is -4.46. The molecule has 1 aliphatic carbocycles. The lowest BCUT2D eigenvalue weighted by Gasteiger charge is -2.12. The second kappa shape index (κ2) is 7.86. The maximum Gasteiger partial charge on any atom is 0.416 e. The summed E-state index contributed by atoms with van der Waals surface area (Å²) in [7, 11) is 0. The van der Waals surface area contributed by atoms with Gasteiger partial charge in [0, 0.05) is 23.0 Å². The van der Waals surface area contributed by atoms with Crippen LogP contribution in [0, 0.1) is 0 Å². The monoisotopic (exact) mass is 455 g/mol. The number of hydrogen-bond donors (Lipinski definition) is 1. The van der Waals surface area contributed by atoms with Crippen LogP contribution in [0.3, 0.4) is 0 Å². The molecule has 2 heterocycles. The van der Waals surface area contributed by atoms with Crippen LogP contribution in [0.2, 0.25) is 0 Å². The third kappa shape index (κ3) is 4.01. The van der Waals surface area contributed by atoms with Gasteiger partial charge in [0.15, 0.2) is 5.82 Å². The van der Waals surface area contributed by atoms with Gasteiger partial charge in [0.05, 0.1) is 28.7 Å². The van der Waals surface area contributed by atoms with Crippen molar-refractivity contribution in [2.45, 2.75) is 24.9 Å². The molecule has 4 aromatic rings. The molecule has 32 heavy (non-hydrogen) atoms. The number of nitrogens with zero attached hydrogens (tertiary/aromatic N) is 4. The summed E-state index contributed by atoms with van der Waals surface area (Å²) in [6, 6.07) is 14.3. The predicted molar refractivity (Wildman–Crippen MR) is 114 cm³/mol. The molecule has 0 saturated heterocycles. The number of carbonyl (C=O) groups is 1. The van der Waals surface area contributed by atoms with Gasteiger partial charge in [-0.15, -0.1) is 0 Å². The average molecular weight is 455 g/mol. The largest absolute Gasteiger partial charge is 0.416 e. The lowest BCUT2D eigenvalue weighted by molar-refractivity contribution is -0.137. The van der Waals surface area contributed by atoms with Crippen LogP contribution in [0.15, 0.2) is 60.8 Å². The minimum Gasteiger partial charge on any atom is -0.296 e. The lowest BCUT2D eigenvalue weighted by Crippen LogP contribution is -2.14.